The summed E-state index contributed by atoms with van der Waals surface area (Å²) in [6.07, 6.45) is 1.29. The first-order valence-corrected chi connectivity index (χ1v) is 14.1. The molecule has 1 aromatic heterocycles. The van der Waals surface area contributed by atoms with Crippen LogP contribution in [0.5, 0.6) is 5.75 Å². The SMILES string of the molecule is COc1ccc(N2CCN(C(=O)CCCSc3nnc(-c4ccccc4Cl)n3-c3ccccc3)CC2)cc1. The van der Waals surface area contributed by atoms with E-state index in [4.69, 9.17) is 16.3 Å². The molecular weight excluding hydrogens is 518 g/mol. The molecule has 4 aromatic rings. The van der Waals surface area contributed by atoms with Crippen LogP contribution < -0.4 is 9.64 Å². The van der Waals surface area contributed by atoms with Gasteiger partial charge in [-0.3, -0.25) is 9.36 Å². The third-order valence-electron chi connectivity index (χ3n) is 6.60. The first-order valence-electron chi connectivity index (χ1n) is 12.7. The highest BCUT2D eigenvalue weighted by atomic mass is 35.5. The van der Waals surface area contributed by atoms with Gasteiger partial charge in [-0.05, 0) is 55.0 Å². The number of thioether (sulfide) groups is 1. The van der Waals surface area contributed by atoms with Crippen molar-refractivity contribution < 1.29 is 9.53 Å². The van der Waals surface area contributed by atoms with Crippen LogP contribution >= 0.6 is 23.4 Å². The van der Waals surface area contributed by atoms with Crippen molar-refractivity contribution in [1.29, 1.82) is 0 Å². The van der Waals surface area contributed by atoms with Crippen LogP contribution in [0.4, 0.5) is 5.69 Å². The van der Waals surface area contributed by atoms with E-state index in [1.807, 2.05) is 76.2 Å². The second-order valence-corrected chi connectivity index (χ2v) is 10.4. The highest BCUT2D eigenvalue weighted by Crippen LogP contribution is 2.32. The van der Waals surface area contributed by atoms with Crippen molar-refractivity contribution >= 4 is 35.0 Å². The normalized spacial score (nSPS) is 13.5. The van der Waals surface area contributed by atoms with Crippen LogP contribution in [0.3, 0.4) is 0 Å². The summed E-state index contributed by atoms with van der Waals surface area (Å²) >= 11 is 8.09. The maximum Gasteiger partial charge on any atom is 0.222 e. The lowest BCUT2D eigenvalue weighted by Gasteiger charge is -2.36. The Balaban J connectivity index is 1.16. The van der Waals surface area contributed by atoms with E-state index in [1.54, 1.807) is 18.9 Å². The van der Waals surface area contributed by atoms with E-state index >= 15 is 0 Å². The summed E-state index contributed by atoms with van der Waals surface area (Å²) in [7, 11) is 1.67. The van der Waals surface area contributed by atoms with Crippen LogP contribution in [0.2, 0.25) is 5.02 Å². The number of anilines is 1. The molecule has 0 radical (unpaired) electrons. The maximum absolute atomic E-state index is 12.9. The molecule has 1 fully saturated rings. The van der Waals surface area contributed by atoms with Gasteiger partial charge < -0.3 is 14.5 Å². The molecule has 0 N–H and O–H groups in total. The first-order chi connectivity index (χ1) is 18.6. The molecule has 0 unspecified atom stereocenters. The number of ether oxygens (including phenoxy) is 1. The van der Waals surface area contributed by atoms with Crippen LogP contribution in [0.25, 0.3) is 17.1 Å². The molecular formula is C29H30ClN5O2S. The van der Waals surface area contributed by atoms with Crippen LogP contribution in [-0.4, -0.2) is 64.6 Å². The molecule has 0 bridgehead atoms. The van der Waals surface area contributed by atoms with Gasteiger partial charge in [0, 0.05) is 55.3 Å². The van der Waals surface area contributed by atoms with Crippen LogP contribution in [0, 0.1) is 0 Å². The van der Waals surface area contributed by atoms with Crippen molar-refractivity contribution in [3.05, 3.63) is 83.9 Å². The van der Waals surface area contributed by atoms with Gasteiger partial charge in [0.2, 0.25) is 5.91 Å². The first kappa shape index (κ1) is 26.1. The predicted octanol–water partition coefficient (Wildman–Crippen LogP) is 5.82. The van der Waals surface area contributed by atoms with Gasteiger partial charge in [0.1, 0.15) is 5.75 Å². The topological polar surface area (TPSA) is 63.5 Å². The highest BCUT2D eigenvalue weighted by Gasteiger charge is 2.22. The quantitative estimate of drug-likeness (QED) is 0.194. The van der Waals surface area contributed by atoms with Crippen LogP contribution in [-0.2, 0) is 4.79 Å². The average Bonchev–Trinajstić information content (AvgIpc) is 3.39. The fourth-order valence-corrected chi connectivity index (χ4v) is 5.65. The summed E-state index contributed by atoms with van der Waals surface area (Å²) in [5.74, 6) is 2.53. The van der Waals surface area contributed by atoms with E-state index in [0.29, 0.717) is 17.3 Å². The van der Waals surface area contributed by atoms with Gasteiger partial charge in [-0.2, -0.15) is 0 Å². The Hall–Kier alpha value is -3.49. The second kappa shape index (κ2) is 12.4. The van der Waals surface area contributed by atoms with Crippen LogP contribution in [0.15, 0.2) is 84.0 Å². The van der Waals surface area contributed by atoms with Gasteiger partial charge in [-0.1, -0.05) is 53.7 Å². The summed E-state index contributed by atoms with van der Waals surface area (Å²) in [5.41, 5.74) is 2.97. The number of hydrogen-bond acceptors (Lipinski definition) is 6. The average molecular weight is 548 g/mol. The van der Waals surface area contributed by atoms with Gasteiger partial charge in [0.25, 0.3) is 0 Å². The number of methoxy groups -OCH3 is 1. The number of para-hydroxylation sites is 1. The lowest BCUT2D eigenvalue weighted by atomic mass is 10.2. The zero-order valence-corrected chi connectivity index (χ0v) is 22.9. The third-order valence-corrected chi connectivity index (χ3v) is 7.94. The molecule has 7 nitrogen and oxygen atoms in total. The van der Waals surface area contributed by atoms with E-state index in [0.717, 1.165) is 66.2 Å². The monoisotopic (exact) mass is 547 g/mol. The van der Waals surface area contributed by atoms with E-state index in [-0.39, 0.29) is 5.91 Å². The molecule has 1 aliphatic rings. The number of benzene rings is 3. The van der Waals surface area contributed by atoms with Crippen molar-refractivity contribution in [2.75, 3.05) is 43.9 Å². The third kappa shape index (κ3) is 5.97. The zero-order chi connectivity index (χ0) is 26.3. The lowest BCUT2D eigenvalue weighted by molar-refractivity contribution is -0.131. The minimum absolute atomic E-state index is 0.210. The Labute approximate surface area is 232 Å². The summed E-state index contributed by atoms with van der Waals surface area (Å²) in [6, 6.07) is 25.8. The number of amides is 1. The second-order valence-electron chi connectivity index (χ2n) is 8.97. The van der Waals surface area contributed by atoms with Crippen molar-refractivity contribution in [1.82, 2.24) is 19.7 Å². The molecule has 3 aromatic carbocycles. The van der Waals surface area contributed by atoms with Crippen molar-refractivity contribution in [3.8, 4) is 22.8 Å². The summed E-state index contributed by atoms with van der Waals surface area (Å²) in [4.78, 5) is 17.2. The number of carbonyl (C=O) groups excluding carboxylic acids is 1. The van der Waals surface area contributed by atoms with E-state index < -0.39 is 0 Å². The minimum atomic E-state index is 0.210. The van der Waals surface area contributed by atoms with Gasteiger partial charge in [0.05, 0.1) is 12.1 Å². The standard InChI is InChI=1S/C29H30ClN5O2S/c1-37-24-15-13-22(14-16-24)33-17-19-34(20-18-33)27(36)12-7-21-38-29-32-31-28(25-10-5-6-11-26(25)30)35(29)23-8-3-2-4-9-23/h2-6,8-11,13-16H,7,12,17-21H2,1H3. The number of rotatable bonds is 9. The van der Waals surface area contributed by atoms with Gasteiger partial charge in [-0.25, -0.2) is 0 Å². The molecule has 5 rings (SSSR count). The number of piperazine rings is 1. The van der Waals surface area contributed by atoms with Gasteiger partial charge in [-0.15, -0.1) is 10.2 Å². The number of carbonyl (C=O) groups is 1. The Morgan fingerprint density at radius 2 is 1.61 bits per heavy atom. The van der Waals surface area contributed by atoms with E-state index in [1.165, 1.54) is 0 Å². The predicted molar refractivity (Wildman–Crippen MR) is 154 cm³/mol. The number of hydrogen-bond donors (Lipinski definition) is 0. The van der Waals surface area contributed by atoms with E-state index in [2.05, 4.69) is 27.2 Å². The van der Waals surface area contributed by atoms with Crippen molar-refractivity contribution in [3.63, 3.8) is 0 Å². The summed E-state index contributed by atoms with van der Waals surface area (Å²) in [6.45, 7) is 3.14. The molecule has 9 heteroatoms. The molecule has 38 heavy (non-hydrogen) atoms. The molecule has 1 aliphatic heterocycles. The molecule has 196 valence electrons. The fraction of sp³-hybridized carbons (Fsp3) is 0.276. The highest BCUT2D eigenvalue weighted by molar-refractivity contribution is 7.99. The Morgan fingerprint density at radius 3 is 2.32 bits per heavy atom. The smallest absolute Gasteiger partial charge is 0.222 e. The molecule has 0 spiro atoms. The van der Waals surface area contributed by atoms with Crippen molar-refractivity contribution in [2.45, 2.75) is 18.0 Å². The molecule has 1 amide bonds. The molecule has 0 aliphatic carbocycles. The number of halogens is 1. The fourth-order valence-electron chi connectivity index (χ4n) is 4.54. The maximum atomic E-state index is 12.9. The Morgan fingerprint density at radius 1 is 0.895 bits per heavy atom. The number of nitrogens with zero attached hydrogens (tertiary/aromatic N) is 5. The Kier molecular flexibility index (Phi) is 8.51. The summed E-state index contributed by atoms with van der Waals surface area (Å²) in [5, 5.41) is 10.4. The molecule has 0 atom stereocenters. The lowest BCUT2D eigenvalue weighted by Crippen LogP contribution is -2.48. The largest absolute Gasteiger partial charge is 0.497 e. The van der Waals surface area contributed by atoms with Gasteiger partial charge >= 0.3 is 0 Å². The van der Waals surface area contributed by atoms with E-state index in [9.17, 15) is 4.79 Å². The molecule has 1 saturated heterocycles. The van der Waals surface area contributed by atoms with Crippen LogP contribution in [0.1, 0.15) is 12.8 Å². The zero-order valence-electron chi connectivity index (χ0n) is 21.3. The summed E-state index contributed by atoms with van der Waals surface area (Å²) < 4.78 is 7.28. The van der Waals surface area contributed by atoms with Crippen molar-refractivity contribution in [2.24, 2.45) is 0 Å². The Bertz CT molecular complexity index is 1360. The minimum Gasteiger partial charge on any atom is -0.497 e. The van der Waals surface area contributed by atoms with Gasteiger partial charge in [0.15, 0.2) is 11.0 Å². The molecule has 2 heterocycles. The molecule has 0 saturated carbocycles. The number of aromatic nitrogens is 3.